The second-order valence-electron chi connectivity index (χ2n) is 5.21. The Morgan fingerprint density at radius 2 is 1.94 bits per heavy atom. The summed E-state index contributed by atoms with van der Waals surface area (Å²) >= 11 is 0. The Kier molecular flexibility index (Phi) is 2.65. The average Bonchev–Trinajstić information content (AvgIpc) is 2.82. The smallest absolute Gasteiger partial charge is 0.292 e. The second-order valence-corrected chi connectivity index (χ2v) is 5.21. The molecular weight excluding hydrogens is 216 g/mol. The fraction of sp³-hybridized carbons (Fsp3) is 0.692. The van der Waals surface area contributed by atoms with Crippen LogP contribution < -0.4 is 0 Å². The van der Waals surface area contributed by atoms with Gasteiger partial charge < -0.3 is 9.42 Å². The number of carbonyl (C=O) groups is 1. The van der Waals surface area contributed by atoms with E-state index in [4.69, 9.17) is 4.52 Å². The molecule has 0 N–H and O–H groups in total. The van der Waals surface area contributed by atoms with Crippen molar-refractivity contribution in [1.82, 2.24) is 10.1 Å². The first-order chi connectivity index (χ1) is 8.25. The number of nitrogens with zero attached hydrogens (tertiary/aromatic N) is 2. The second kappa shape index (κ2) is 4.17. The Bertz CT molecular complexity index is 417. The summed E-state index contributed by atoms with van der Waals surface area (Å²) in [5, 5.41) is 3.80. The Labute approximate surface area is 101 Å². The highest BCUT2D eigenvalue weighted by atomic mass is 16.5. The molecule has 0 bridgehead atoms. The molecule has 2 saturated carbocycles. The summed E-state index contributed by atoms with van der Waals surface area (Å²) < 4.78 is 5.10. The lowest BCUT2D eigenvalue weighted by Gasteiger charge is -2.27. The third-order valence-electron chi connectivity index (χ3n) is 3.73. The van der Waals surface area contributed by atoms with Gasteiger partial charge in [-0.25, -0.2) is 0 Å². The molecule has 3 rings (SSSR count). The molecule has 1 heterocycles. The van der Waals surface area contributed by atoms with Gasteiger partial charge in [-0.3, -0.25) is 4.79 Å². The van der Waals surface area contributed by atoms with Crippen LogP contribution in [-0.2, 0) is 0 Å². The van der Waals surface area contributed by atoms with Crippen molar-refractivity contribution in [2.24, 2.45) is 0 Å². The molecule has 0 aromatic carbocycles. The Hall–Kier alpha value is -1.32. The maximum Gasteiger partial charge on any atom is 0.292 e. The van der Waals surface area contributed by atoms with Gasteiger partial charge in [-0.2, -0.15) is 0 Å². The maximum absolute atomic E-state index is 12.4. The van der Waals surface area contributed by atoms with Crippen molar-refractivity contribution < 1.29 is 9.32 Å². The molecule has 17 heavy (non-hydrogen) atoms. The van der Waals surface area contributed by atoms with Crippen LogP contribution in [0.15, 0.2) is 10.6 Å². The van der Waals surface area contributed by atoms with Crippen molar-refractivity contribution in [3.05, 3.63) is 17.5 Å². The fourth-order valence-corrected chi connectivity index (χ4v) is 2.76. The maximum atomic E-state index is 12.4. The van der Waals surface area contributed by atoms with Crippen LogP contribution >= 0.6 is 0 Å². The molecule has 4 heteroatoms. The van der Waals surface area contributed by atoms with E-state index in [0.717, 1.165) is 31.4 Å². The fourth-order valence-electron chi connectivity index (χ4n) is 2.76. The Morgan fingerprint density at radius 3 is 2.47 bits per heavy atom. The Morgan fingerprint density at radius 1 is 1.29 bits per heavy atom. The zero-order valence-corrected chi connectivity index (χ0v) is 10.2. The third kappa shape index (κ3) is 2.08. The van der Waals surface area contributed by atoms with E-state index in [1.165, 1.54) is 12.8 Å². The van der Waals surface area contributed by atoms with Crippen LogP contribution in [0.3, 0.4) is 0 Å². The first-order valence-electron chi connectivity index (χ1n) is 6.51. The quantitative estimate of drug-likeness (QED) is 0.807. The van der Waals surface area contributed by atoms with Gasteiger partial charge in [0.2, 0.25) is 5.76 Å². The van der Waals surface area contributed by atoms with E-state index in [0.29, 0.717) is 17.8 Å². The van der Waals surface area contributed by atoms with E-state index in [-0.39, 0.29) is 5.91 Å². The van der Waals surface area contributed by atoms with Gasteiger partial charge in [-0.05, 0) is 32.6 Å². The van der Waals surface area contributed by atoms with Crippen LogP contribution in [0.1, 0.15) is 54.8 Å². The highest BCUT2D eigenvalue weighted by molar-refractivity contribution is 5.92. The average molecular weight is 234 g/mol. The summed E-state index contributed by atoms with van der Waals surface area (Å²) in [6.45, 7) is 1.84. The lowest BCUT2D eigenvalue weighted by Crippen LogP contribution is -2.40. The van der Waals surface area contributed by atoms with Crippen molar-refractivity contribution in [3.63, 3.8) is 0 Å². The summed E-state index contributed by atoms with van der Waals surface area (Å²) in [6, 6.07) is 2.63. The van der Waals surface area contributed by atoms with Crippen molar-refractivity contribution >= 4 is 5.91 Å². The predicted octanol–water partition coefficient (Wildman–Crippen LogP) is 2.53. The lowest BCUT2D eigenvalue weighted by molar-refractivity contribution is 0.0621. The molecule has 92 valence electrons. The molecule has 2 aliphatic rings. The third-order valence-corrected chi connectivity index (χ3v) is 3.73. The lowest BCUT2D eigenvalue weighted by atomic mass is 10.2. The summed E-state index contributed by atoms with van der Waals surface area (Å²) in [4.78, 5) is 14.5. The molecule has 0 spiro atoms. The minimum atomic E-state index is 0.0417. The number of aromatic nitrogens is 1. The highest BCUT2D eigenvalue weighted by Gasteiger charge is 2.39. The van der Waals surface area contributed by atoms with E-state index in [9.17, 15) is 4.79 Å². The van der Waals surface area contributed by atoms with Crippen LogP contribution in [0, 0.1) is 6.92 Å². The van der Waals surface area contributed by atoms with E-state index < -0.39 is 0 Å². The van der Waals surface area contributed by atoms with Crippen LogP contribution in [-0.4, -0.2) is 28.0 Å². The zero-order chi connectivity index (χ0) is 11.8. The molecule has 2 aliphatic carbocycles. The van der Waals surface area contributed by atoms with Gasteiger partial charge in [0, 0.05) is 18.2 Å². The van der Waals surface area contributed by atoms with Gasteiger partial charge >= 0.3 is 0 Å². The first kappa shape index (κ1) is 10.8. The zero-order valence-electron chi connectivity index (χ0n) is 10.2. The minimum Gasteiger partial charge on any atom is -0.351 e. The largest absolute Gasteiger partial charge is 0.351 e. The van der Waals surface area contributed by atoms with E-state index in [1.807, 2.05) is 6.92 Å². The van der Waals surface area contributed by atoms with Gasteiger partial charge in [-0.1, -0.05) is 18.0 Å². The number of hydrogen-bond acceptors (Lipinski definition) is 3. The molecule has 0 atom stereocenters. The molecule has 1 aromatic heterocycles. The summed E-state index contributed by atoms with van der Waals surface area (Å²) in [5.74, 6) is 0.446. The molecule has 0 unspecified atom stereocenters. The van der Waals surface area contributed by atoms with Gasteiger partial charge in [0.1, 0.15) is 0 Å². The van der Waals surface area contributed by atoms with Crippen molar-refractivity contribution in [1.29, 1.82) is 0 Å². The van der Waals surface area contributed by atoms with Gasteiger partial charge in [0.05, 0.1) is 5.69 Å². The predicted molar refractivity (Wildman–Crippen MR) is 62.7 cm³/mol. The molecule has 4 nitrogen and oxygen atoms in total. The van der Waals surface area contributed by atoms with Crippen LogP contribution in [0.4, 0.5) is 0 Å². The van der Waals surface area contributed by atoms with Crippen molar-refractivity contribution in [2.75, 3.05) is 0 Å². The molecule has 0 saturated heterocycles. The highest BCUT2D eigenvalue weighted by Crippen LogP contribution is 2.35. The summed E-state index contributed by atoms with van der Waals surface area (Å²) in [5.41, 5.74) is 0.774. The topological polar surface area (TPSA) is 46.3 Å². The summed E-state index contributed by atoms with van der Waals surface area (Å²) in [6.07, 6.45) is 7.09. The SMILES string of the molecule is Cc1cc(C(=O)N(C2CCCC2)C2CC2)on1. The van der Waals surface area contributed by atoms with Crippen molar-refractivity contribution in [3.8, 4) is 0 Å². The van der Waals surface area contributed by atoms with Gasteiger partial charge in [-0.15, -0.1) is 0 Å². The summed E-state index contributed by atoms with van der Waals surface area (Å²) in [7, 11) is 0. The first-order valence-corrected chi connectivity index (χ1v) is 6.51. The Balaban J connectivity index is 1.80. The van der Waals surface area contributed by atoms with E-state index in [1.54, 1.807) is 6.07 Å². The van der Waals surface area contributed by atoms with Crippen LogP contribution in [0.5, 0.6) is 0 Å². The van der Waals surface area contributed by atoms with E-state index in [2.05, 4.69) is 10.1 Å². The van der Waals surface area contributed by atoms with Crippen LogP contribution in [0.2, 0.25) is 0 Å². The number of carbonyl (C=O) groups excluding carboxylic acids is 1. The van der Waals surface area contributed by atoms with E-state index >= 15 is 0 Å². The molecule has 2 fully saturated rings. The van der Waals surface area contributed by atoms with Gasteiger partial charge in [0.25, 0.3) is 5.91 Å². The molecule has 1 amide bonds. The van der Waals surface area contributed by atoms with Crippen LogP contribution in [0.25, 0.3) is 0 Å². The number of amides is 1. The number of rotatable bonds is 3. The van der Waals surface area contributed by atoms with Crippen molar-refractivity contribution in [2.45, 2.75) is 57.5 Å². The molecule has 0 radical (unpaired) electrons. The van der Waals surface area contributed by atoms with Gasteiger partial charge in [0.15, 0.2) is 0 Å². The monoisotopic (exact) mass is 234 g/mol. The minimum absolute atomic E-state index is 0.0417. The standard InChI is InChI=1S/C13H18N2O2/c1-9-8-12(17-14-9)13(16)15(11-6-7-11)10-4-2-3-5-10/h8,10-11H,2-7H2,1H3. The number of aryl methyl sites for hydroxylation is 1. The number of hydrogen-bond donors (Lipinski definition) is 0. The molecule has 0 aliphatic heterocycles. The normalized spacial score (nSPS) is 20.8. The molecule has 1 aromatic rings. The molecular formula is C13H18N2O2.